The van der Waals surface area contributed by atoms with Gasteiger partial charge in [0.05, 0.1) is 15.2 Å². The predicted molar refractivity (Wildman–Crippen MR) is 71.1 cm³/mol. The molecule has 0 fully saturated rings. The molecule has 0 aliphatic carbocycles. The molecule has 3 heteroatoms. The van der Waals surface area contributed by atoms with Crippen molar-refractivity contribution in [3.8, 4) is 0 Å². The number of aromatic nitrogens is 1. The molecule has 0 aliphatic rings. The molecule has 0 amide bonds. The van der Waals surface area contributed by atoms with Crippen LogP contribution in [0.15, 0.2) is 18.2 Å². The molecule has 2 rings (SSSR count). The summed E-state index contributed by atoms with van der Waals surface area (Å²) < 4.78 is 1.27. The number of thiazole rings is 1. The third-order valence-electron chi connectivity index (χ3n) is 2.53. The standard InChI is InChI=1S/C13H18N2S/c1-13(2,3)12-15-10-8-9(6-7-14)4-5-11(10)16-12/h4-5,8H,6-7,14H2,1-3H3. The van der Waals surface area contributed by atoms with E-state index in [9.17, 15) is 0 Å². The van der Waals surface area contributed by atoms with Crippen LogP contribution < -0.4 is 5.73 Å². The highest BCUT2D eigenvalue weighted by Gasteiger charge is 2.18. The zero-order chi connectivity index (χ0) is 11.8. The Morgan fingerprint density at radius 1 is 1.31 bits per heavy atom. The van der Waals surface area contributed by atoms with Crippen molar-refractivity contribution in [2.45, 2.75) is 32.6 Å². The number of rotatable bonds is 2. The average molecular weight is 234 g/mol. The molecule has 2 N–H and O–H groups in total. The molecule has 0 saturated heterocycles. The minimum atomic E-state index is 0.137. The van der Waals surface area contributed by atoms with Gasteiger partial charge in [0.2, 0.25) is 0 Å². The second-order valence-electron chi connectivity index (χ2n) is 5.11. The Kier molecular flexibility index (Phi) is 3.00. The van der Waals surface area contributed by atoms with Gasteiger partial charge in [-0.1, -0.05) is 26.8 Å². The molecule has 0 unspecified atom stereocenters. The third-order valence-corrected chi connectivity index (χ3v) is 3.99. The first-order chi connectivity index (χ1) is 7.50. The van der Waals surface area contributed by atoms with Gasteiger partial charge < -0.3 is 5.73 Å². The Hall–Kier alpha value is -0.930. The Balaban J connectivity index is 2.46. The maximum Gasteiger partial charge on any atom is 0.0992 e. The highest BCUT2D eigenvalue weighted by Crippen LogP contribution is 2.31. The minimum absolute atomic E-state index is 0.137. The molecule has 16 heavy (non-hydrogen) atoms. The van der Waals surface area contributed by atoms with Crippen molar-refractivity contribution in [3.63, 3.8) is 0 Å². The molecule has 86 valence electrons. The number of hydrogen-bond acceptors (Lipinski definition) is 3. The van der Waals surface area contributed by atoms with E-state index in [4.69, 9.17) is 10.7 Å². The third kappa shape index (κ3) is 2.25. The van der Waals surface area contributed by atoms with Crippen LogP contribution in [0, 0.1) is 0 Å². The first kappa shape index (κ1) is 11.6. The van der Waals surface area contributed by atoms with Crippen LogP contribution in [-0.4, -0.2) is 11.5 Å². The van der Waals surface area contributed by atoms with Gasteiger partial charge in [-0.2, -0.15) is 0 Å². The fourth-order valence-corrected chi connectivity index (χ4v) is 2.62. The molecule has 2 nitrogen and oxygen atoms in total. The van der Waals surface area contributed by atoms with Gasteiger partial charge in [0.25, 0.3) is 0 Å². The molecule has 1 aromatic heterocycles. The highest BCUT2D eigenvalue weighted by molar-refractivity contribution is 7.18. The molecule has 0 aliphatic heterocycles. The van der Waals surface area contributed by atoms with Crippen LogP contribution in [0.4, 0.5) is 0 Å². The van der Waals surface area contributed by atoms with Gasteiger partial charge in [-0.05, 0) is 30.7 Å². The lowest BCUT2D eigenvalue weighted by Gasteiger charge is -2.13. The zero-order valence-corrected chi connectivity index (χ0v) is 10.9. The van der Waals surface area contributed by atoms with Crippen molar-refractivity contribution in [1.29, 1.82) is 0 Å². The zero-order valence-electron chi connectivity index (χ0n) is 10.1. The van der Waals surface area contributed by atoms with E-state index in [0.717, 1.165) is 11.9 Å². The minimum Gasteiger partial charge on any atom is -0.330 e. The molecule has 0 radical (unpaired) electrons. The smallest absolute Gasteiger partial charge is 0.0992 e. The molecule has 2 aromatic rings. The van der Waals surface area contributed by atoms with E-state index in [0.29, 0.717) is 6.54 Å². The van der Waals surface area contributed by atoms with Gasteiger partial charge in [0, 0.05) is 5.41 Å². The predicted octanol–water partition coefficient (Wildman–Crippen LogP) is 3.10. The lowest BCUT2D eigenvalue weighted by Crippen LogP contribution is -2.09. The Bertz CT molecular complexity index is 494. The van der Waals surface area contributed by atoms with Gasteiger partial charge in [-0.25, -0.2) is 4.98 Å². The Labute approximate surface area is 101 Å². The van der Waals surface area contributed by atoms with Crippen LogP contribution in [0.2, 0.25) is 0 Å². The van der Waals surface area contributed by atoms with Crippen molar-refractivity contribution in [3.05, 3.63) is 28.8 Å². The van der Waals surface area contributed by atoms with Gasteiger partial charge in [0.1, 0.15) is 0 Å². The fourth-order valence-electron chi connectivity index (χ4n) is 1.62. The van der Waals surface area contributed by atoms with Crippen LogP contribution in [0.1, 0.15) is 31.3 Å². The lowest BCUT2D eigenvalue weighted by atomic mass is 9.98. The molecule has 0 spiro atoms. The van der Waals surface area contributed by atoms with E-state index in [1.54, 1.807) is 11.3 Å². The van der Waals surface area contributed by atoms with Crippen LogP contribution in [0.5, 0.6) is 0 Å². The Morgan fingerprint density at radius 3 is 2.69 bits per heavy atom. The summed E-state index contributed by atoms with van der Waals surface area (Å²) in [7, 11) is 0. The summed E-state index contributed by atoms with van der Waals surface area (Å²) in [6.45, 7) is 7.30. The molecular weight excluding hydrogens is 216 g/mol. The van der Waals surface area contributed by atoms with Crippen LogP contribution in [0.25, 0.3) is 10.2 Å². The number of nitrogens with zero attached hydrogens (tertiary/aromatic N) is 1. The molecular formula is C13H18N2S. The molecule has 1 heterocycles. The van der Waals surface area contributed by atoms with E-state index >= 15 is 0 Å². The van der Waals surface area contributed by atoms with E-state index in [2.05, 4.69) is 39.0 Å². The first-order valence-electron chi connectivity index (χ1n) is 5.61. The summed E-state index contributed by atoms with van der Waals surface area (Å²) in [6, 6.07) is 6.47. The first-order valence-corrected chi connectivity index (χ1v) is 6.42. The van der Waals surface area contributed by atoms with Crippen molar-refractivity contribution in [2.24, 2.45) is 5.73 Å². The van der Waals surface area contributed by atoms with E-state index < -0.39 is 0 Å². The maximum atomic E-state index is 5.56. The SMILES string of the molecule is CC(C)(C)c1nc2cc(CCN)ccc2s1. The highest BCUT2D eigenvalue weighted by atomic mass is 32.1. The van der Waals surface area contributed by atoms with Crippen LogP contribution in [0.3, 0.4) is 0 Å². The van der Waals surface area contributed by atoms with Gasteiger partial charge >= 0.3 is 0 Å². The molecule has 0 bridgehead atoms. The molecule has 0 saturated carbocycles. The van der Waals surface area contributed by atoms with E-state index in [-0.39, 0.29) is 5.41 Å². The Morgan fingerprint density at radius 2 is 2.06 bits per heavy atom. The van der Waals surface area contributed by atoms with Crippen molar-refractivity contribution in [1.82, 2.24) is 4.98 Å². The average Bonchev–Trinajstić information content (AvgIpc) is 2.60. The van der Waals surface area contributed by atoms with Gasteiger partial charge in [0.15, 0.2) is 0 Å². The lowest BCUT2D eigenvalue weighted by molar-refractivity contribution is 0.587. The maximum absolute atomic E-state index is 5.56. The van der Waals surface area contributed by atoms with Gasteiger partial charge in [-0.3, -0.25) is 0 Å². The van der Waals surface area contributed by atoms with Gasteiger partial charge in [-0.15, -0.1) is 11.3 Å². The number of benzene rings is 1. The fraction of sp³-hybridized carbons (Fsp3) is 0.462. The number of hydrogen-bond donors (Lipinski definition) is 1. The van der Waals surface area contributed by atoms with Crippen molar-refractivity contribution < 1.29 is 0 Å². The number of nitrogens with two attached hydrogens (primary N) is 1. The summed E-state index contributed by atoms with van der Waals surface area (Å²) >= 11 is 1.79. The van der Waals surface area contributed by atoms with Crippen molar-refractivity contribution in [2.75, 3.05) is 6.54 Å². The summed E-state index contributed by atoms with van der Waals surface area (Å²) in [5.74, 6) is 0. The number of fused-ring (bicyclic) bond motifs is 1. The quantitative estimate of drug-likeness (QED) is 0.867. The van der Waals surface area contributed by atoms with E-state index in [1.165, 1.54) is 15.3 Å². The second kappa shape index (κ2) is 4.15. The molecule has 0 atom stereocenters. The van der Waals surface area contributed by atoms with Crippen LogP contribution in [-0.2, 0) is 11.8 Å². The van der Waals surface area contributed by atoms with Crippen molar-refractivity contribution >= 4 is 21.6 Å². The van der Waals surface area contributed by atoms with E-state index in [1.807, 2.05) is 0 Å². The largest absolute Gasteiger partial charge is 0.330 e. The molecule has 1 aromatic carbocycles. The van der Waals surface area contributed by atoms with Crippen LogP contribution >= 0.6 is 11.3 Å². The summed E-state index contributed by atoms with van der Waals surface area (Å²) in [4.78, 5) is 4.70. The second-order valence-corrected chi connectivity index (χ2v) is 6.14. The summed E-state index contributed by atoms with van der Waals surface area (Å²) in [5, 5.41) is 1.20. The normalized spacial score (nSPS) is 12.2. The monoisotopic (exact) mass is 234 g/mol. The topological polar surface area (TPSA) is 38.9 Å². The summed E-state index contributed by atoms with van der Waals surface area (Å²) in [5.41, 5.74) is 8.09. The summed E-state index contributed by atoms with van der Waals surface area (Å²) in [6.07, 6.45) is 0.929.